The van der Waals surface area contributed by atoms with E-state index >= 15 is 0 Å². The summed E-state index contributed by atoms with van der Waals surface area (Å²) in [5.74, 6) is -0.326. The highest BCUT2D eigenvalue weighted by molar-refractivity contribution is 7.10. The van der Waals surface area contributed by atoms with Crippen LogP contribution >= 0.6 is 11.3 Å². The Morgan fingerprint density at radius 1 is 1.26 bits per heavy atom. The number of aryl methyl sites for hydroxylation is 1. The van der Waals surface area contributed by atoms with E-state index in [0.29, 0.717) is 17.7 Å². The molecule has 0 saturated carbocycles. The van der Waals surface area contributed by atoms with Crippen molar-refractivity contribution >= 4 is 11.3 Å². The molecular formula is C15H15FN2S. The maximum absolute atomic E-state index is 13.7. The lowest BCUT2D eigenvalue weighted by Crippen LogP contribution is -2.13. The first kappa shape index (κ1) is 13.7. The predicted octanol–water partition coefficient (Wildman–Crippen LogP) is 3.61. The van der Waals surface area contributed by atoms with Crippen molar-refractivity contribution in [1.82, 2.24) is 5.32 Å². The number of halogens is 1. The van der Waals surface area contributed by atoms with Gasteiger partial charge in [0.05, 0.1) is 11.6 Å². The largest absolute Gasteiger partial charge is 0.308 e. The molecule has 0 aliphatic heterocycles. The first-order valence-corrected chi connectivity index (χ1v) is 7.07. The molecule has 2 nitrogen and oxygen atoms in total. The van der Waals surface area contributed by atoms with E-state index in [0.717, 1.165) is 13.0 Å². The van der Waals surface area contributed by atoms with Crippen LogP contribution in [-0.4, -0.2) is 0 Å². The van der Waals surface area contributed by atoms with E-state index in [1.807, 2.05) is 6.07 Å². The molecule has 4 heteroatoms. The molecule has 1 heterocycles. The van der Waals surface area contributed by atoms with Gasteiger partial charge in [-0.3, -0.25) is 0 Å². The second kappa shape index (κ2) is 6.46. The van der Waals surface area contributed by atoms with E-state index in [1.54, 1.807) is 23.5 Å². The summed E-state index contributed by atoms with van der Waals surface area (Å²) in [6.07, 6.45) is 1.02. The highest BCUT2D eigenvalue weighted by atomic mass is 32.1. The van der Waals surface area contributed by atoms with Gasteiger partial charge >= 0.3 is 0 Å². The van der Waals surface area contributed by atoms with Gasteiger partial charge in [0, 0.05) is 23.5 Å². The van der Waals surface area contributed by atoms with E-state index < -0.39 is 0 Å². The van der Waals surface area contributed by atoms with Crippen LogP contribution in [0.4, 0.5) is 4.39 Å². The lowest BCUT2D eigenvalue weighted by Gasteiger charge is -2.06. The van der Waals surface area contributed by atoms with Crippen molar-refractivity contribution in [2.24, 2.45) is 0 Å². The van der Waals surface area contributed by atoms with Gasteiger partial charge < -0.3 is 5.32 Å². The quantitative estimate of drug-likeness (QED) is 0.904. The smallest absolute Gasteiger partial charge is 0.129 e. The molecule has 0 amide bonds. The molecule has 0 aliphatic rings. The summed E-state index contributed by atoms with van der Waals surface area (Å²) in [5, 5.41) is 14.0. The molecule has 1 aromatic heterocycles. The van der Waals surface area contributed by atoms with Crippen molar-refractivity contribution < 1.29 is 4.39 Å². The van der Waals surface area contributed by atoms with Crippen LogP contribution in [0.25, 0.3) is 0 Å². The molecule has 0 saturated heterocycles. The first-order valence-electron chi connectivity index (χ1n) is 6.19. The fourth-order valence-electron chi connectivity index (χ4n) is 1.91. The second-order valence-electron chi connectivity index (χ2n) is 4.24. The maximum Gasteiger partial charge on any atom is 0.129 e. The van der Waals surface area contributed by atoms with Gasteiger partial charge in [-0.2, -0.15) is 5.26 Å². The number of hydrogen-bond donors (Lipinski definition) is 1. The van der Waals surface area contributed by atoms with Crippen LogP contribution in [-0.2, 0) is 19.5 Å². The summed E-state index contributed by atoms with van der Waals surface area (Å²) < 4.78 is 13.7. The molecule has 0 bridgehead atoms. The lowest BCUT2D eigenvalue weighted by atomic mass is 10.1. The highest BCUT2D eigenvalue weighted by Gasteiger charge is 2.05. The topological polar surface area (TPSA) is 35.8 Å². The number of nitrogens with one attached hydrogen (secondary N) is 1. The van der Waals surface area contributed by atoms with Crippen LogP contribution in [0, 0.1) is 17.1 Å². The van der Waals surface area contributed by atoms with E-state index in [2.05, 4.69) is 23.7 Å². The van der Waals surface area contributed by atoms with Crippen molar-refractivity contribution in [2.45, 2.75) is 26.4 Å². The second-order valence-corrected chi connectivity index (χ2v) is 5.24. The Balaban J connectivity index is 1.95. The first-order chi connectivity index (χ1) is 9.24. The zero-order chi connectivity index (χ0) is 13.7. The van der Waals surface area contributed by atoms with Gasteiger partial charge in [-0.25, -0.2) is 4.39 Å². The van der Waals surface area contributed by atoms with Crippen molar-refractivity contribution in [3.63, 3.8) is 0 Å². The molecule has 2 rings (SSSR count). The molecule has 0 radical (unpaired) electrons. The normalized spacial score (nSPS) is 10.4. The fourth-order valence-corrected chi connectivity index (χ4v) is 2.85. The third-order valence-corrected chi connectivity index (χ3v) is 3.96. The Hall–Kier alpha value is -1.70. The van der Waals surface area contributed by atoms with Gasteiger partial charge in [-0.15, -0.1) is 11.3 Å². The fraction of sp³-hybridized carbons (Fsp3) is 0.267. The van der Waals surface area contributed by atoms with E-state index in [1.165, 1.54) is 16.5 Å². The third kappa shape index (κ3) is 3.40. The minimum absolute atomic E-state index is 0.326. The molecule has 0 atom stereocenters. The number of nitrogens with zero attached hydrogens (tertiary/aromatic N) is 1. The van der Waals surface area contributed by atoms with Gasteiger partial charge in [0.2, 0.25) is 0 Å². The maximum atomic E-state index is 13.7. The zero-order valence-corrected chi connectivity index (χ0v) is 11.6. The van der Waals surface area contributed by atoms with E-state index in [-0.39, 0.29) is 5.82 Å². The Bertz CT molecular complexity index is 598. The monoisotopic (exact) mass is 274 g/mol. The molecule has 1 aromatic carbocycles. The summed E-state index contributed by atoms with van der Waals surface area (Å²) in [7, 11) is 0. The average molecular weight is 274 g/mol. The number of benzene rings is 1. The summed E-state index contributed by atoms with van der Waals surface area (Å²) in [6, 6.07) is 8.64. The van der Waals surface area contributed by atoms with Gasteiger partial charge in [-0.1, -0.05) is 13.0 Å². The summed E-state index contributed by atoms with van der Waals surface area (Å²) in [5.41, 5.74) is 2.29. The van der Waals surface area contributed by atoms with Gasteiger partial charge in [0.15, 0.2) is 0 Å². The van der Waals surface area contributed by atoms with Crippen molar-refractivity contribution in [3.8, 4) is 6.07 Å². The van der Waals surface area contributed by atoms with Crippen LogP contribution < -0.4 is 5.32 Å². The summed E-state index contributed by atoms with van der Waals surface area (Å²) in [4.78, 5) is 1.30. The van der Waals surface area contributed by atoms with Crippen LogP contribution in [0.2, 0.25) is 0 Å². The average Bonchev–Trinajstić information content (AvgIpc) is 2.88. The number of thiophene rings is 1. The summed E-state index contributed by atoms with van der Waals surface area (Å²) >= 11 is 1.72. The standard InChI is InChI=1S/C15H15FN2S/c1-2-12-5-6-19-15(12)10-18-9-13-4-3-11(8-17)7-14(13)16/h3-7,18H,2,9-10H2,1H3. The lowest BCUT2D eigenvalue weighted by molar-refractivity contribution is 0.588. The third-order valence-electron chi connectivity index (χ3n) is 3.00. The molecule has 0 unspecified atom stereocenters. The van der Waals surface area contributed by atoms with Crippen molar-refractivity contribution in [1.29, 1.82) is 5.26 Å². The molecule has 0 aliphatic carbocycles. The Morgan fingerprint density at radius 2 is 2.11 bits per heavy atom. The molecular weight excluding hydrogens is 259 g/mol. The molecule has 2 aromatic rings. The molecule has 19 heavy (non-hydrogen) atoms. The minimum Gasteiger partial charge on any atom is -0.308 e. The van der Waals surface area contributed by atoms with Crippen LogP contribution in [0.5, 0.6) is 0 Å². The van der Waals surface area contributed by atoms with Crippen molar-refractivity contribution in [3.05, 3.63) is 57.0 Å². The molecule has 0 spiro atoms. The SMILES string of the molecule is CCc1ccsc1CNCc1ccc(C#N)cc1F. The van der Waals surface area contributed by atoms with Gasteiger partial charge in [0.1, 0.15) is 5.82 Å². The number of rotatable bonds is 5. The van der Waals surface area contributed by atoms with Crippen LogP contribution in [0.1, 0.15) is 28.5 Å². The Labute approximate surface area is 116 Å². The van der Waals surface area contributed by atoms with Crippen LogP contribution in [0.3, 0.4) is 0 Å². The highest BCUT2D eigenvalue weighted by Crippen LogP contribution is 2.17. The van der Waals surface area contributed by atoms with Crippen LogP contribution in [0.15, 0.2) is 29.6 Å². The Morgan fingerprint density at radius 3 is 2.79 bits per heavy atom. The van der Waals surface area contributed by atoms with Gasteiger partial charge in [0.25, 0.3) is 0 Å². The predicted molar refractivity (Wildman–Crippen MR) is 75.4 cm³/mol. The van der Waals surface area contributed by atoms with E-state index in [4.69, 9.17) is 5.26 Å². The molecule has 98 valence electrons. The Kier molecular flexibility index (Phi) is 4.67. The summed E-state index contributed by atoms with van der Waals surface area (Å²) in [6.45, 7) is 3.35. The molecule has 0 fully saturated rings. The molecule has 1 N–H and O–H groups in total. The zero-order valence-electron chi connectivity index (χ0n) is 10.7. The minimum atomic E-state index is -0.326. The number of nitriles is 1. The number of hydrogen-bond acceptors (Lipinski definition) is 3. The van der Waals surface area contributed by atoms with Crippen molar-refractivity contribution in [2.75, 3.05) is 0 Å². The van der Waals surface area contributed by atoms with E-state index in [9.17, 15) is 4.39 Å². The van der Waals surface area contributed by atoms with Gasteiger partial charge in [-0.05, 0) is 35.6 Å².